The van der Waals surface area contributed by atoms with Gasteiger partial charge in [-0.2, -0.15) is 0 Å². The summed E-state index contributed by atoms with van der Waals surface area (Å²) in [6.45, 7) is 1.90. The van der Waals surface area contributed by atoms with Gasteiger partial charge in [-0.05, 0) is 66.6 Å². The molecule has 1 amide bonds. The first-order chi connectivity index (χ1) is 15.3. The van der Waals surface area contributed by atoms with Crippen LogP contribution in [0.1, 0.15) is 22.7 Å². The molecule has 0 radical (unpaired) electrons. The molecule has 1 aliphatic rings. The van der Waals surface area contributed by atoms with Crippen molar-refractivity contribution < 1.29 is 23.8 Å². The second kappa shape index (κ2) is 8.59. The first kappa shape index (κ1) is 21.8. The lowest BCUT2D eigenvalue weighted by Gasteiger charge is -2.26. The van der Waals surface area contributed by atoms with Gasteiger partial charge in [-0.25, -0.2) is 4.39 Å². The number of methoxy groups -OCH3 is 1. The molecule has 1 fully saturated rings. The van der Waals surface area contributed by atoms with Crippen molar-refractivity contribution in [1.82, 2.24) is 0 Å². The second-order valence-corrected chi connectivity index (χ2v) is 8.24. The van der Waals surface area contributed by atoms with Crippen LogP contribution in [0.3, 0.4) is 0 Å². The molecule has 1 aliphatic heterocycles. The van der Waals surface area contributed by atoms with Gasteiger partial charge in [-0.1, -0.05) is 34.1 Å². The Balaban J connectivity index is 1.94. The number of carbonyl (C=O) groups is 2. The van der Waals surface area contributed by atoms with E-state index in [1.165, 1.54) is 30.2 Å². The first-order valence-electron chi connectivity index (χ1n) is 9.79. The molecule has 0 aliphatic carbocycles. The van der Waals surface area contributed by atoms with Crippen molar-refractivity contribution in [2.75, 3.05) is 12.0 Å². The number of benzene rings is 3. The first-order valence-corrected chi connectivity index (χ1v) is 10.6. The third kappa shape index (κ3) is 3.80. The number of aliphatic hydroxyl groups excluding tert-OH is 1. The molecule has 1 atom stereocenters. The van der Waals surface area contributed by atoms with Crippen LogP contribution in [0.5, 0.6) is 5.75 Å². The fourth-order valence-corrected chi connectivity index (χ4v) is 4.09. The standard InChI is InChI=1S/C25H19BrFNO4/c1-14-6-9-18(13-20(14)26)28-22(16-4-3-5-17(27)12-16)21(24(30)25(28)31)23(29)15-7-10-19(32-2)11-8-15/h3-13,22,29H,1-2H3. The molecule has 3 aromatic carbocycles. The Hall–Kier alpha value is -3.45. The van der Waals surface area contributed by atoms with E-state index in [-0.39, 0.29) is 11.3 Å². The Morgan fingerprint density at radius 2 is 1.78 bits per heavy atom. The lowest BCUT2D eigenvalue weighted by Crippen LogP contribution is -2.29. The molecule has 32 heavy (non-hydrogen) atoms. The fourth-order valence-electron chi connectivity index (χ4n) is 3.73. The van der Waals surface area contributed by atoms with Gasteiger partial charge in [0.25, 0.3) is 11.7 Å². The van der Waals surface area contributed by atoms with Crippen LogP contribution in [0.15, 0.2) is 76.8 Å². The minimum absolute atomic E-state index is 0.109. The molecule has 162 valence electrons. The molecule has 3 aromatic rings. The quantitative estimate of drug-likeness (QED) is 0.293. The molecule has 0 spiro atoms. The molecule has 4 rings (SSSR count). The third-order valence-electron chi connectivity index (χ3n) is 5.41. The van der Waals surface area contributed by atoms with Gasteiger partial charge < -0.3 is 9.84 Å². The molecule has 0 aromatic heterocycles. The summed E-state index contributed by atoms with van der Waals surface area (Å²) in [5.41, 5.74) is 2.01. The van der Waals surface area contributed by atoms with Crippen molar-refractivity contribution >= 4 is 39.1 Å². The van der Waals surface area contributed by atoms with E-state index in [1.807, 2.05) is 13.0 Å². The monoisotopic (exact) mass is 495 g/mol. The van der Waals surface area contributed by atoms with Crippen molar-refractivity contribution in [2.45, 2.75) is 13.0 Å². The SMILES string of the molecule is COc1ccc(C(O)=C2C(=O)C(=O)N(c3ccc(C)c(Br)c3)C2c2cccc(F)c2)cc1. The van der Waals surface area contributed by atoms with Gasteiger partial charge in [0.1, 0.15) is 17.3 Å². The number of anilines is 1. The molecule has 0 saturated carbocycles. The van der Waals surface area contributed by atoms with E-state index in [0.717, 1.165) is 10.0 Å². The van der Waals surface area contributed by atoms with Crippen LogP contribution >= 0.6 is 15.9 Å². The number of halogens is 2. The van der Waals surface area contributed by atoms with Gasteiger partial charge in [0.2, 0.25) is 0 Å². The number of nitrogens with zero attached hydrogens (tertiary/aromatic N) is 1. The van der Waals surface area contributed by atoms with Gasteiger partial charge >= 0.3 is 0 Å². The van der Waals surface area contributed by atoms with E-state index in [4.69, 9.17) is 4.74 Å². The lowest BCUT2D eigenvalue weighted by molar-refractivity contribution is -0.132. The Bertz CT molecular complexity index is 1250. The lowest BCUT2D eigenvalue weighted by atomic mass is 9.95. The van der Waals surface area contributed by atoms with Crippen molar-refractivity contribution in [1.29, 1.82) is 0 Å². The summed E-state index contributed by atoms with van der Waals surface area (Å²) >= 11 is 3.45. The van der Waals surface area contributed by atoms with E-state index in [0.29, 0.717) is 22.6 Å². The largest absolute Gasteiger partial charge is 0.507 e. The molecule has 1 heterocycles. The van der Waals surface area contributed by atoms with Crippen LogP contribution in [-0.4, -0.2) is 23.9 Å². The van der Waals surface area contributed by atoms with E-state index >= 15 is 0 Å². The highest BCUT2D eigenvalue weighted by molar-refractivity contribution is 9.10. The number of hydrogen-bond donors (Lipinski definition) is 1. The summed E-state index contributed by atoms with van der Waals surface area (Å²) in [6.07, 6.45) is 0. The zero-order valence-electron chi connectivity index (χ0n) is 17.3. The Labute approximate surface area is 192 Å². The van der Waals surface area contributed by atoms with E-state index in [9.17, 15) is 19.1 Å². The maximum Gasteiger partial charge on any atom is 0.300 e. The number of carbonyl (C=O) groups excluding carboxylic acids is 2. The Morgan fingerprint density at radius 3 is 2.41 bits per heavy atom. The minimum Gasteiger partial charge on any atom is -0.507 e. The van der Waals surface area contributed by atoms with Crippen LogP contribution in [0.2, 0.25) is 0 Å². The zero-order chi connectivity index (χ0) is 23.0. The number of ether oxygens (including phenoxy) is 1. The number of aryl methyl sites for hydroxylation is 1. The van der Waals surface area contributed by atoms with Crippen molar-refractivity contribution in [3.8, 4) is 5.75 Å². The van der Waals surface area contributed by atoms with Crippen LogP contribution in [0, 0.1) is 12.7 Å². The third-order valence-corrected chi connectivity index (χ3v) is 6.26. The Kier molecular flexibility index (Phi) is 5.84. The fraction of sp³-hybridized carbons (Fsp3) is 0.120. The van der Waals surface area contributed by atoms with Gasteiger partial charge in [-0.15, -0.1) is 0 Å². The number of ketones is 1. The number of aliphatic hydroxyl groups is 1. The number of hydrogen-bond acceptors (Lipinski definition) is 4. The summed E-state index contributed by atoms with van der Waals surface area (Å²) in [4.78, 5) is 27.5. The molecule has 0 bridgehead atoms. The van der Waals surface area contributed by atoms with E-state index in [2.05, 4.69) is 15.9 Å². The number of Topliss-reactive ketones (excluding diaryl/α,β-unsaturated/α-hetero) is 1. The molecular weight excluding hydrogens is 477 g/mol. The van der Waals surface area contributed by atoms with Gasteiger partial charge in [0.15, 0.2) is 0 Å². The zero-order valence-corrected chi connectivity index (χ0v) is 18.9. The van der Waals surface area contributed by atoms with E-state index in [1.54, 1.807) is 42.5 Å². The molecule has 7 heteroatoms. The molecule has 5 nitrogen and oxygen atoms in total. The van der Waals surface area contributed by atoms with Crippen LogP contribution in [0.25, 0.3) is 5.76 Å². The van der Waals surface area contributed by atoms with Crippen molar-refractivity contribution in [2.24, 2.45) is 0 Å². The molecule has 1 N–H and O–H groups in total. The maximum atomic E-state index is 14.1. The highest BCUT2D eigenvalue weighted by Gasteiger charge is 2.47. The maximum absolute atomic E-state index is 14.1. The van der Waals surface area contributed by atoms with E-state index < -0.39 is 23.5 Å². The summed E-state index contributed by atoms with van der Waals surface area (Å²) in [5, 5.41) is 11.1. The summed E-state index contributed by atoms with van der Waals surface area (Å²) < 4.78 is 20.0. The number of amides is 1. The van der Waals surface area contributed by atoms with Gasteiger partial charge in [-0.3, -0.25) is 14.5 Å². The summed E-state index contributed by atoms with van der Waals surface area (Å²) in [7, 11) is 1.52. The van der Waals surface area contributed by atoms with Gasteiger partial charge in [0.05, 0.1) is 18.7 Å². The van der Waals surface area contributed by atoms with Crippen LogP contribution in [-0.2, 0) is 9.59 Å². The normalized spacial score (nSPS) is 17.6. The highest BCUT2D eigenvalue weighted by atomic mass is 79.9. The topological polar surface area (TPSA) is 66.8 Å². The number of rotatable bonds is 4. The van der Waals surface area contributed by atoms with Gasteiger partial charge in [0, 0.05) is 15.7 Å². The van der Waals surface area contributed by atoms with Crippen LogP contribution < -0.4 is 9.64 Å². The Morgan fingerprint density at radius 1 is 1.06 bits per heavy atom. The summed E-state index contributed by atoms with van der Waals surface area (Å²) in [5.74, 6) is -1.92. The highest BCUT2D eigenvalue weighted by Crippen LogP contribution is 2.43. The molecular formula is C25H19BrFNO4. The average molecular weight is 496 g/mol. The smallest absolute Gasteiger partial charge is 0.300 e. The average Bonchev–Trinajstić information content (AvgIpc) is 3.06. The van der Waals surface area contributed by atoms with Crippen LogP contribution in [0.4, 0.5) is 10.1 Å². The molecule has 1 saturated heterocycles. The van der Waals surface area contributed by atoms with Crippen molar-refractivity contribution in [3.05, 3.63) is 99.3 Å². The molecule has 1 unspecified atom stereocenters. The van der Waals surface area contributed by atoms with Crippen molar-refractivity contribution in [3.63, 3.8) is 0 Å². The second-order valence-electron chi connectivity index (χ2n) is 7.39. The minimum atomic E-state index is -0.998. The summed E-state index contributed by atoms with van der Waals surface area (Å²) in [6, 6.07) is 16.4. The predicted molar refractivity (Wildman–Crippen MR) is 123 cm³/mol. The predicted octanol–water partition coefficient (Wildman–Crippen LogP) is 5.53.